The van der Waals surface area contributed by atoms with Crippen LogP contribution in [0.1, 0.15) is 34.2 Å². The van der Waals surface area contributed by atoms with E-state index < -0.39 is 0 Å². The van der Waals surface area contributed by atoms with Crippen molar-refractivity contribution in [2.75, 3.05) is 0 Å². The van der Waals surface area contributed by atoms with E-state index in [4.69, 9.17) is 9.26 Å². The highest BCUT2D eigenvalue weighted by Crippen LogP contribution is 2.37. The summed E-state index contributed by atoms with van der Waals surface area (Å²) in [7, 11) is 0. The average molecular weight is 319 g/mol. The van der Waals surface area contributed by atoms with Crippen LogP contribution in [0.25, 0.3) is 11.1 Å². The van der Waals surface area contributed by atoms with Crippen LogP contribution in [0.15, 0.2) is 53.1 Å². The number of ether oxygens (including phenoxy) is 1. The Hall–Kier alpha value is -2.88. The molecule has 0 amide bonds. The Morgan fingerprint density at radius 3 is 2.58 bits per heavy atom. The Balaban J connectivity index is 1.86. The lowest BCUT2D eigenvalue weighted by molar-refractivity contribution is -0.148. The van der Waals surface area contributed by atoms with E-state index in [1.165, 1.54) is 0 Å². The third kappa shape index (κ3) is 2.40. The number of aryl methyl sites for hydroxylation is 2. The number of aromatic nitrogens is 1. The number of fused-ring (bicyclic) bond motifs is 1. The molecular weight excluding hydrogens is 302 g/mol. The predicted molar refractivity (Wildman–Crippen MR) is 89.5 cm³/mol. The van der Waals surface area contributed by atoms with E-state index in [0.29, 0.717) is 6.42 Å². The highest BCUT2D eigenvalue weighted by Gasteiger charge is 2.28. The van der Waals surface area contributed by atoms with E-state index in [1.54, 1.807) is 0 Å². The number of nitrogens with zero attached hydrogens (tertiary/aromatic N) is 1. The molecule has 0 radical (unpaired) electrons. The molecule has 0 aliphatic carbocycles. The van der Waals surface area contributed by atoms with Crippen LogP contribution in [-0.4, -0.2) is 11.1 Å². The maximum absolute atomic E-state index is 12.0. The van der Waals surface area contributed by atoms with Crippen molar-refractivity contribution < 1.29 is 14.1 Å². The number of hydrogen-bond acceptors (Lipinski definition) is 4. The zero-order chi connectivity index (χ0) is 16.7. The van der Waals surface area contributed by atoms with Gasteiger partial charge in [0.05, 0.1) is 12.1 Å². The first-order valence-corrected chi connectivity index (χ1v) is 7.94. The Labute approximate surface area is 140 Å². The molecule has 1 aliphatic heterocycles. The summed E-state index contributed by atoms with van der Waals surface area (Å²) < 4.78 is 10.9. The Morgan fingerprint density at radius 2 is 1.88 bits per heavy atom. The molecule has 1 unspecified atom stereocenters. The van der Waals surface area contributed by atoms with Crippen LogP contribution in [0.3, 0.4) is 0 Å². The molecule has 0 bridgehead atoms. The lowest BCUT2D eigenvalue weighted by Crippen LogP contribution is -2.22. The Kier molecular flexibility index (Phi) is 3.45. The van der Waals surface area contributed by atoms with Crippen molar-refractivity contribution in [2.45, 2.75) is 26.4 Å². The monoisotopic (exact) mass is 319 g/mol. The fraction of sp³-hybridized carbons (Fsp3) is 0.200. The molecule has 1 aromatic heterocycles. The number of carbonyl (C=O) groups excluding carboxylic acids is 1. The largest absolute Gasteiger partial charge is 0.452 e. The molecule has 24 heavy (non-hydrogen) atoms. The van der Waals surface area contributed by atoms with Crippen LogP contribution in [0, 0.1) is 13.8 Å². The van der Waals surface area contributed by atoms with E-state index in [-0.39, 0.29) is 12.1 Å². The molecule has 120 valence electrons. The molecule has 0 spiro atoms. The van der Waals surface area contributed by atoms with Gasteiger partial charge in [0.2, 0.25) is 0 Å². The van der Waals surface area contributed by atoms with Gasteiger partial charge in [0, 0.05) is 11.1 Å². The molecule has 4 rings (SSSR count). The summed E-state index contributed by atoms with van der Waals surface area (Å²) >= 11 is 0. The van der Waals surface area contributed by atoms with Gasteiger partial charge in [-0.25, -0.2) is 0 Å². The van der Waals surface area contributed by atoms with Gasteiger partial charge in [0.25, 0.3) is 0 Å². The molecule has 3 aromatic rings. The molecule has 0 saturated heterocycles. The summed E-state index contributed by atoms with van der Waals surface area (Å²) in [6.45, 7) is 3.84. The minimum atomic E-state index is -0.372. The molecular formula is C20H17NO3. The van der Waals surface area contributed by atoms with E-state index >= 15 is 0 Å². The first kappa shape index (κ1) is 14.7. The molecule has 2 aromatic carbocycles. The molecule has 0 saturated carbocycles. The topological polar surface area (TPSA) is 52.3 Å². The van der Waals surface area contributed by atoms with Crippen LogP contribution in [-0.2, 0) is 16.0 Å². The molecule has 1 aliphatic rings. The molecule has 0 N–H and O–H groups in total. The van der Waals surface area contributed by atoms with Gasteiger partial charge < -0.3 is 9.26 Å². The summed E-state index contributed by atoms with van der Waals surface area (Å²) in [6, 6.07) is 15.9. The first-order chi connectivity index (χ1) is 11.6. The summed E-state index contributed by atoms with van der Waals surface area (Å²) in [5, 5.41) is 4.03. The third-order valence-electron chi connectivity index (χ3n) is 4.44. The van der Waals surface area contributed by atoms with Crippen LogP contribution in [0.5, 0.6) is 0 Å². The Bertz CT molecular complexity index is 892. The van der Waals surface area contributed by atoms with Crippen LogP contribution < -0.4 is 0 Å². The number of rotatable bonds is 2. The fourth-order valence-electron chi connectivity index (χ4n) is 3.32. The smallest absolute Gasteiger partial charge is 0.311 e. The van der Waals surface area contributed by atoms with Gasteiger partial charge in [-0.1, -0.05) is 47.6 Å². The van der Waals surface area contributed by atoms with Gasteiger partial charge in [0.15, 0.2) is 6.10 Å². The van der Waals surface area contributed by atoms with Crippen molar-refractivity contribution in [1.82, 2.24) is 5.16 Å². The number of hydrogen-bond donors (Lipinski definition) is 0. The maximum atomic E-state index is 12.0. The number of cyclic esters (lactones) is 1. The summed E-state index contributed by atoms with van der Waals surface area (Å²) in [5.41, 5.74) is 5.90. The molecule has 4 heteroatoms. The number of benzene rings is 2. The number of carbonyl (C=O) groups is 1. The highest BCUT2D eigenvalue weighted by molar-refractivity contribution is 5.78. The third-order valence-corrected chi connectivity index (χ3v) is 4.44. The van der Waals surface area contributed by atoms with Crippen LogP contribution in [0.2, 0.25) is 0 Å². The van der Waals surface area contributed by atoms with Crippen molar-refractivity contribution in [2.24, 2.45) is 0 Å². The van der Waals surface area contributed by atoms with Crippen molar-refractivity contribution in [3.63, 3.8) is 0 Å². The highest BCUT2D eigenvalue weighted by atomic mass is 16.5. The number of esters is 1. The molecule has 4 nitrogen and oxygen atoms in total. The second-order valence-electron chi connectivity index (χ2n) is 6.07. The molecule has 1 atom stereocenters. The average Bonchev–Trinajstić information content (AvgIpc) is 2.93. The van der Waals surface area contributed by atoms with E-state index in [2.05, 4.69) is 11.2 Å². The van der Waals surface area contributed by atoms with Crippen molar-refractivity contribution >= 4 is 5.97 Å². The zero-order valence-electron chi connectivity index (χ0n) is 13.6. The van der Waals surface area contributed by atoms with Crippen molar-refractivity contribution in [1.29, 1.82) is 0 Å². The van der Waals surface area contributed by atoms with E-state index in [0.717, 1.165) is 39.3 Å². The SMILES string of the molecule is Cc1noc(C)c1-c1ccc2c(c1)C(c1ccccc1)OC(=O)C2. The van der Waals surface area contributed by atoms with Gasteiger partial charge in [-0.15, -0.1) is 0 Å². The van der Waals surface area contributed by atoms with Gasteiger partial charge >= 0.3 is 5.97 Å². The lowest BCUT2D eigenvalue weighted by Gasteiger charge is -2.26. The van der Waals surface area contributed by atoms with E-state index in [9.17, 15) is 4.79 Å². The predicted octanol–water partition coefficient (Wildman–Crippen LogP) is 4.15. The van der Waals surface area contributed by atoms with Gasteiger partial charge in [-0.05, 0) is 36.6 Å². The van der Waals surface area contributed by atoms with Crippen molar-refractivity contribution in [3.05, 3.63) is 76.7 Å². The van der Waals surface area contributed by atoms with Gasteiger partial charge in [-0.3, -0.25) is 4.79 Å². The summed E-state index contributed by atoms with van der Waals surface area (Å²) in [4.78, 5) is 12.0. The quantitative estimate of drug-likeness (QED) is 0.666. The molecule has 2 heterocycles. The van der Waals surface area contributed by atoms with Gasteiger partial charge in [-0.2, -0.15) is 0 Å². The van der Waals surface area contributed by atoms with Crippen molar-refractivity contribution in [3.8, 4) is 11.1 Å². The maximum Gasteiger partial charge on any atom is 0.311 e. The van der Waals surface area contributed by atoms with Crippen LogP contribution in [0.4, 0.5) is 0 Å². The summed E-state index contributed by atoms with van der Waals surface area (Å²) in [5.74, 6) is 0.595. The normalized spacial score (nSPS) is 16.6. The minimum Gasteiger partial charge on any atom is -0.452 e. The Morgan fingerprint density at radius 1 is 1.08 bits per heavy atom. The van der Waals surface area contributed by atoms with Crippen LogP contribution >= 0.6 is 0 Å². The fourth-order valence-corrected chi connectivity index (χ4v) is 3.32. The van der Waals surface area contributed by atoms with Gasteiger partial charge in [0.1, 0.15) is 5.76 Å². The first-order valence-electron chi connectivity index (χ1n) is 7.94. The standard InChI is InChI=1S/C20H17NO3/c1-12-19(13(2)24-21-12)16-9-8-15-11-18(22)23-20(17(15)10-16)14-6-4-3-5-7-14/h3-10,20H,11H2,1-2H3. The molecule has 0 fully saturated rings. The van der Waals surface area contributed by atoms with E-state index in [1.807, 2.05) is 56.3 Å². The minimum absolute atomic E-state index is 0.193. The lowest BCUT2D eigenvalue weighted by atomic mass is 9.89. The second-order valence-corrected chi connectivity index (χ2v) is 6.07. The second kappa shape index (κ2) is 5.64. The zero-order valence-corrected chi connectivity index (χ0v) is 13.6. The summed E-state index contributed by atoms with van der Waals surface area (Å²) in [6.07, 6.45) is -0.0662.